The van der Waals surface area contributed by atoms with Crippen LogP contribution in [0.2, 0.25) is 0 Å². The van der Waals surface area contributed by atoms with Crippen LogP contribution >= 0.6 is 0 Å². The standard InChI is InChI=1S/C18H25FN2O2/c1-18(2,3)10-23-16-6-11(4-5-15(16)19)17(22)21-9-14-12-7-20-8-13(12)14/h4-6,12-14,20H,7-10H2,1-3H3,(H,21,22). The van der Waals surface area contributed by atoms with Crippen LogP contribution in [-0.4, -0.2) is 32.1 Å². The molecule has 2 unspecified atom stereocenters. The van der Waals surface area contributed by atoms with E-state index in [2.05, 4.69) is 10.6 Å². The molecule has 1 aliphatic carbocycles. The first kappa shape index (κ1) is 16.2. The van der Waals surface area contributed by atoms with Crippen LogP contribution in [-0.2, 0) is 0 Å². The Labute approximate surface area is 136 Å². The van der Waals surface area contributed by atoms with Gasteiger partial charge in [0.25, 0.3) is 5.91 Å². The summed E-state index contributed by atoms with van der Waals surface area (Å²) in [5, 5.41) is 6.30. The fraction of sp³-hybridized carbons (Fsp3) is 0.611. The van der Waals surface area contributed by atoms with Crippen molar-refractivity contribution in [2.24, 2.45) is 23.2 Å². The molecule has 1 saturated carbocycles. The maximum absolute atomic E-state index is 13.8. The third-order valence-corrected chi connectivity index (χ3v) is 4.62. The van der Waals surface area contributed by atoms with Crippen LogP contribution in [0.5, 0.6) is 5.75 Å². The van der Waals surface area contributed by atoms with Gasteiger partial charge >= 0.3 is 0 Å². The van der Waals surface area contributed by atoms with E-state index in [1.807, 2.05) is 20.8 Å². The summed E-state index contributed by atoms with van der Waals surface area (Å²) >= 11 is 0. The Morgan fingerprint density at radius 2 is 2.04 bits per heavy atom. The molecule has 126 valence electrons. The van der Waals surface area contributed by atoms with Crippen molar-refractivity contribution in [3.05, 3.63) is 29.6 Å². The van der Waals surface area contributed by atoms with E-state index in [-0.39, 0.29) is 17.1 Å². The number of hydrogen-bond acceptors (Lipinski definition) is 3. The van der Waals surface area contributed by atoms with E-state index in [1.165, 1.54) is 18.2 Å². The number of carbonyl (C=O) groups is 1. The third-order valence-electron chi connectivity index (χ3n) is 4.62. The third kappa shape index (κ3) is 3.83. The van der Waals surface area contributed by atoms with Crippen LogP contribution < -0.4 is 15.4 Å². The number of amides is 1. The Hall–Kier alpha value is -1.62. The molecular formula is C18H25FN2O2. The van der Waals surface area contributed by atoms with E-state index in [4.69, 9.17) is 4.74 Å². The molecule has 1 aromatic carbocycles. The molecule has 4 nitrogen and oxygen atoms in total. The van der Waals surface area contributed by atoms with Crippen LogP contribution in [0.15, 0.2) is 18.2 Å². The summed E-state index contributed by atoms with van der Waals surface area (Å²) < 4.78 is 19.4. The molecule has 1 amide bonds. The minimum Gasteiger partial charge on any atom is -0.490 e. The van der Waals surface area contributed by atoms with Gasteiger partial charge in [0.05, 0.1) is 6.61 Å². The van der Waals surface area contributed by atoms with E-state index in [9.17, 15) is 9.18 Å². The summed E-state index contributed by atoms with van der Waals surface area (Å²) in [7, 11) is 0. The SMILES string of the molecule is CC(C)(C)COc1cc(C(=O)NCC2C3CNCC32)ccc1F. The zero-order valence-corrected chi connectivity index (χ0v) is 14.0. The number of halogens is 1. The number of rotatable bonds is 5. The molecule has 0 spiro atoms. The molecule has 5 heteroatoms. The molecule has 1 saturated heterocycles. The molecule has 1 aliphatic heterocycles. The first-order chi connectivity index (χ1) is 10.8. The Bertz CT molecular complexity index is 587. The Balaban J connectivity index is 1.57. The maximum Gasteiger partial charge on any atom is 0.251 e. The van der Waals surface area contributed by atoms with Crippen LogP contribution in [0.3, 0.4) is 0 Å². The van der Waals surface area contributed by atoms with Gasteiger partial charge in [-0.3, -0.25) is 4.79 Å². The van der Waals surface area contributed by atoms with Gasteiger partial charge in [0.1, 0.15) is 0 Å². The lowest BCUT2D eigenvalue weighted by Crippen LogP contribution is -2.28. The number of piperidine rings is 1. The van der Waals surface area contributed by atoms with Crippen molar-refractivity contribution in [1.29, 1.82) is 0 Å². The molecule has 0 radical (unpaired) electrons. The normalized spacial score (nSPS) is 25.8. The van der Waals surface area contributed by atoms with Gasteiger partial charge < -0.3 is 15.4 Å². The second kappa shape index (κ2) is 6.11. The molecule has 23 heavy (non-hydrogen) atoms. The highest BCUT2D eigenvalue weighted by atomic mass is 19.1. The quantitative estimate of drug-likeness (QED) is 0.876. The highest BCUT2D eigenvalue weighted by Crippen LogP contribution is 2.48. The number of nitrogens with one attached hydrogen (secondary N) is 2. The van der Waals surface area contributed by atoms with Crippen molar-refractivity contribution in [3.63, 3.8) is 0 Å². The lowest BCUT2D eigenvalue weighted by Gasteiger charge is -2.19. The monoisotopic (exact) mass is 320 g/mol. The molecular weight excluding hydrogens is 295 g/mol. The zero-order valence-electron chi connectivity index (χ0n) is 14.0. The van der Waals surface area contributed by atoms with Crippen LogP contribution in [0, 0.1) is 29.0 Å². The topological polar surface area (TPSA) is 50.4 Å². The van der Waals surface area contributed by atoms with Gasteiger partial charge in [-0.15, -0.1) is 0 Å². The van der Waals surface area contributed by atoms with E-state index in [1.54, 1.807) is 0 Å². The highest BCUT2D eigenvalue weighted by Gasteiger charge is 2.52. The van der Waals surface area contributed by atoms with Crippen molar-refractivity contribution >= 4 is 5.91 Å². The summed E-state index contributed by atoms with van der Waals surface area (Å²) in [6.45, 7) is 9.27. The molecule has 0 aromatic heterocycles. The minimum atomic E-state index is -0.436. The Morgan fingerprint density at radius 3 is 2.70 bits per heavy atom. The first-order valence-corrected chi connectivity index (χ1v) is 8.26. The van der Waals surface area contributed by atoms with Crippen LogP contribution in [0.25, 0.3) is 0 Å². The molecule has 1 heterocycles. The first-order valence-electron chi connectivity index (χ1n) is 8.26. The zero-order chi connectivity index (χ0) is 16.6. The average Bonchev–Trinajstić information content (AvgIpc) is 2.91. The molecule has 3 rings (SSSR count). The van der Waals surface area contributed by atoms with Crippen molar-refractivity contribution in [1.82, 2.24) is 10.6 Å². The fourth-order valence-corrected chi connectivity index (χ4v) is 3.21. The Morgan fingerprint density at radius 1 is 1.35 bits per heavy atom. The molecule has 2 N–H and O–H groups in total. The minimum absolute atomic E-state index is 0.0670. The van der Waals surface area contributed by atoms with Gasteiger partial charge in [-0.05, 0) is 54.5 Å². The lowest BCUT2D eigenvalue weighted by molar-refractivity contribution is 0.0949. The number of hydrogen-bond donors (Lipinski definition) is 2. The number of ether oxygens (including phenoxy) is 1. The van der Waals surface area contributed by atoms with Crippen molar-refractivity contribution in [2.45, 2.75) is 20.8 Å². The molecule has 2 fully saturated rings. The van der Waals surface area contributed by atoms with Crippen molar-refractivity contribution in [3.8, 4) is 5.75 Å². The fourth-order valence-electron chi connectivity index (χ4n) is 3.21. The van der Waals surface area contributed by atoms with Gasteiger partial charge in [-0.1, -0.05) is 20.8 Å². The molecule has 2 atom stereocenters. The van der Waals surface area contributed by atoms with Gasteiger partial charge in [-0.25, -0.2) is 4.39 Å². The number of fused-ring (bicyclic) bond motifs is 1. The number of carbonyl (C=O) groups excluding carboxylic acids is 1. The average molecular weight is 320 g/mol. The van der Waals surface area contributed by atoms with E-state index in [0.717, 1.165) is 13.1 Å². The smallest absolute Gasteiger partial charge is 0.251 e. The van der Waals surface area contributed by atoms with E-state index >= 15 is 0 Å². The predicted molar refractivity (Wildman–Crippen MR) is 87.0 cm³/mol. The van der Waals surface area contributed by atoms with Gasteiger partial charge in [0, 0.05) is 12.1 Å². The van der Waals surface area contributed by atoms with Gasteiger partial charge in [0.2, 0.25) is 0 Å². The molecule has 0 bridgehead atoms. The largest absolute Gasteiger partial charge is 0.490 e. The summed E-state index contributed by atoms with van der Waals surface area (Å²) in [5.41, 5.74) is 0.377. The maximum atomic E-state index is 13.8. The van der Waals surface area contributed by atoms with E-state index < -0.39 is 5.82 Å². The lowest BCUT2D eigenvalue weighted by atomic mass is 9.99. The second-order valence-corrected chi connectivity index (χ2v) is 7.85. The summed E-state index contributed by atoms with van der Waals surface area (Å²) in [6, 6.07) is 4.29. The van der Waals surface area contributed by atoms with E-state index in [0.29, 0.717) is 36.5 Å². The van der Waals surface area contributed by atoms with Gasteiger partial charge in [0.15, 0.2) is 11.6 Å². The number of benzene rings is 1. The molecule has 2 aliphatic rings. The summed E-state index contributed by atoms with van der Waals surface area (Å²) in [5.74, 6) is 1.57. The summed E-state index contributed by atoms with van der Waals surface area (Å²) in [6.07, 6.45) is 0. The van der Waals surface area contributed by atoms with Crippen LogP contribution in [0.1, 0.15) is 31.1 Å². The van der Waals surface area contributed by atoms with Crippen molar-refractivity contribution < 1.29 is 13.9 Å². The van der Waals surface area contributed by atoms with Crippen molar-refractivity contribution in [2.75, 3.05) is 26.2 Å². The Kier molecular flexibility index (Phi) is 4.32. The van der Waals surface area contributed by atoms with Crippen LogP contribution in [0.4, 0.5) is 4.39 Å². The second-order valence-electron chi connectivity index (χ2n) is 7.85. The predicted octanol–water partition coefficient (Wildman–Crippen LogP) is 2.45. The molecule has 1 aromatic rings. The summed E-state index contributed by atoms with van der Waals surface area (Å²) in [4.78, 5) is 12.3. The highest BCUT2D eigenvalue weighted by molar-refractivity contribution is 5.94. The van der Waals surface area contributed by atoms with Gasteiger partial charge in [-0.2, -0.15) is 0 Å².